The van der Waals surface area contributed by atoms with Crippen molar-refractivity contribution < 1.29 is 9.18 Å². The molecule has 0 atom stereocenters. The van der Waals surface area contributed by atoms with Gasteiger partial charge in [-0.1, -0.05) is 72.8 Å². The first-order valence-electron chi connectivity index (χ1n) is 12.0. The predicted molar refractivity (Wildman–Crippen MR) is 138 cm³/mol. The zero-order valence-corrected chi connectivity index (χ0v) is 19.6. The Morgan fingerprint density at radius 2 is 1.33 bits per heavy atom. The average Bonchev–Trinajstić information content (AvgIpc) is 3.38. The van der Waals surface area contributed by atoms with E-state index in [1.165, 1.54) is 6.07 Å². The Morgan fingerprint density at radius 3 is 2.00 bits per heavy atom. The van der Waals surface area contributed by atoms with Crippen LogP contribution >= 0.6 is 0 Å². The van der Waals surface area contributed by atoms with Crippen molar-refractivity contribution in [1.82, 2.24) is 19.5 Å². The number of hydrogen-bond donors (Lipinski definition) is 0. The van der Waals surface area contributed by atoms with Gasteiger partial charge in [0.1, 0.15) is 11.5 Å². The molecular weight excluding hydrogens is 453 g/mol. The molecule has 0 saturated carbocycles. The molecule has 1 fully saturated rings. The molecule has 0 N–H and O–H groups in total. The molecule has 0 bridgehead atoms. The number of amides is 1. The molecule has 0 aliphatic carbocycles. The van der Waals surface area contributed by atoms with Gasteiger partial charge in [-0.15, -0.1) is 0 Å². The highest BCUT2D eigenvalue weighted by molar-refractivity contribution is 5.94. The smallest absolute Gasteiger partial charge is 0.272 e. The molecule has 1 amide bonds. The molecule has 1 saturated heterocycles. The summed E-state index contributed by atoms with van der Waals surface area (Å²) in [7, 11) is 0. The van der Waals surface area contributed by atoms with Crippen LogP contribution in [-0.4, -0.2) is 51.6 Å². The Bertz CT molecular complexity index is 1530. The summed E-state index contributed by atoms with van der Waals surface area (Å²) in [4.78, 5) is 22.4. The molecule has 0 spiro atoms. The standard InChI is InChI=1S/C29H24FN5O/c30-23-13-7-8-14-26(23)33-15-17-34(18-16-33)29(36)27-19-24(21-9-3-1-4-10-21)31-28-20-25(32-35(27)28)22-11-5-2-6-12-22/h1-14,19-20H,15-18H2. The molecule has 0 radical (unpaired) electrons. The lowest BCUT2D eigenvalue weighted by Gasteiger charge is -2.36. The first-order chi connectivity index (χ1) is 17.7. The number of benzene rings is 3. The third kappa shape index (κ3) is 4.09. The zero-order valence-electron chi connectivity index (χ0n) is 19.6. The van der Waals surface area contributed by atoms with Gasteiger partial charge < -0.3 is 9.80 Å². The van der Waals surface area contributed by atoms with Crippen LogP contribution in [0, 0.1) is 5.82 Å². The Balaban J connectivity index is 1.36. The van der Waals surface area contributed by atoms with Crippen molar-refractivity contribution in [2.24, 2.45) is 0 Å². The second-order valence-electron chi connectivity index (χ2n) is 8.79. The maximum absolute atomic E-state index is 14.3. The van der Waals surface area contributed by atoms with Crippen LogP contribution in [0.5, 0.6) is 0 Å². The molecule has 1 aliphatic heterocycles. The minimum absolute atomic E-state index is 0.115. The van der Waals surface area contributed by atoms with Crippen LogP contribution in [0.4, 0.5) is 10.1 Å². The molecule has 3 heterocycles. The molecule has 0 unspecified atom stereocenters. The van der Waals surface area contributed by atoms with E-state index in [4.69, 9.17) is 10.1 Å². The highest BCUT2D eigenvalue weighted by Crippen LogP contribution is 2.26. The van der Waals surface area contributed by atoms with Crippen LogP contribution in [0.1, 0.15) is 10.5 Å². The van der Waals surface area contributed by atoms with Crippen molar-refractivity contribution in [3.8, 4) is 22.5 Å². The van der Waals surface area contributed by atoms with Gasteiger partial charge in [0.25, 0.3) is 5.91 Å². The highest BCUT2D eigenvalue weighted by Gasteiger charge is 2.26. The van der Waals surface area contributed by atoms with Crippen molar-refractivity contribution in [3.63, 3.8) is 0 Å². The van der Waals surface area contributed by atoms with Gasteiger partial charge >= 0.3 is 0 Å². The van der Waals surface area contributed by atoms with Crippen LogP contribution in [0.25, 0.3) is 28.2 Å². The van der Waals surface area contributed by atoms with Gasteiger partial charge in [-0.2, -0.15) is 5.10 Å². The molecule has 5 aromatic rings. The van der Waals surface area contributed by atoms with Crippen molar-refractivity contribution in [1.29, 1.82) is 0 Å². The van der Waals surface area contributed by atoms with E-state index < -0.39 is 0 Å². The number of rotatable bonds is 4. The normalized spacial score (nSPS) is 13.8. The van der Waals surface area contributed by atoms with Gasteiger partial charge in [0.05, 0.1) is 17.1 Å². The third-order valence-electron chi connectivity index (χ3n) is 6.55. The lowest BCUT2D eigenvalue weighted by atomic mass is 10.1. The fourth-order valence-electron chi connectivity index (χ4n) is 4.65. The molecule has 1 aliphatic rings. The van der Waals surface area contributed by atoms with Crippen LogP contribution < -0.4 is 4.90 Å². The van der Waals surface area contributed by atoms with E-state index in [0.29, 0.717) is 43.2 Å². The van der Waals surface area contributed by atoms with Gasteiger partial charge in [-0.3, -0.25) is 4.79 Å². The number of carbonyl (C=O) groups is 1. The number of nitrogens with zero attached hydrogens (tertiary/aromatic N) is 5. The van der Waals surface area contributed by atoms with Gasteiger partial charge in [-0.25, -0.2) is 13.9 Å². The van der Waals surface area contributed by atoms with Crippen molar-refractivity contribution in [3.05, 3.63) is 109 Å². The number of hydrogen-bond acceptors (Lipinski definition) is 4. The van der Waals surface area contributed by atoms with Crippen LogP contribution in [0.3, 0.4) is 0 Å². The second-order valence-corrected chi connectivity index (χ2v) is 8.79. The van der Waals surface area contributed by atoms with E-state index in [0.717, 1.165) is 22.5 Å². The van der Waals surface area contributed by atoms with E-state index in [-0.39, 0.29) is 11.7 Å². The molecule has 36 heavy (non-hydrogen) atoms. The number of fused-ring (bicyclic) bond motifs is 1. The first kappa shape index (κ1) is 22.0. The maximum Gasteiger partial charge on any atom is 0.272 e. The van der Waals surface area contributed by atoms with E-state index in [9.17, 15) is 9.18 Å². The van der Waals surface area contributed by atoms with Gasteiger partial charge in [0.15, 0.2) is 5.65 Å². The highest BCUT2D eigenvalue weighted by atomic mass is 19.1. The SMILES string of the molecule is O=C(c1cc(-c2ccccc2)nc2cc(-c3ccccc3)nn12)N1CCN(c2ccccc2F)CC1. The van der Waals surface area contributed by atoms with Crippen LogP contribution in [0.15, 0.2) is 97.1 Å². The zero-order chi connectivity index (χ0) is 24.5. The molecule has 6 rings (SSSR count). The average molecular weight is 478 g/mol. The van der Waals surface area contributed by atoms with Gasteiger partial charge in [0, 0.05) is 43.4 Å². The van der Waals surface area contributed by atoms with Gasteiger partial charge in [0.2, 0.25) is 0 Å². The summed E-state index contributed by atoms with van der Waals surface area (Å²) in [5.74, 6) is -0.360. The molecule has 178 valence electrons. The van der Waals surface area contributed by atoms with E-state index in [1.807, 2.05) is 88.7 Å². The van der Waals surface area contributed by atoms with Crippen molar-refractivity contribution >= 4 is 17.2 Å². The number of anilines is 1. The molecular formula is C29H24FN5O. The number of halogens is 1. The Hall–Kier alpha value is -4.52. The summed E-state index contributed by atoms with van der Waals surface area (Å²) >= 11 is 0. The molecule has 2 aromatic heterocycles. The summed E-state index contributed by atoms with van der Waals surface area (Å²) in [6, 6.07) is 30.2. The topological polar surface area (TPSA) is 53.7 Å². The molecule has 7 heteroatoms. The lowest BCUT2D eigenvalue weighted by molar-refractivity contribution is 0.0737. The quantitative estimate of drug-likeness (QED) is 0.359. The van der Waals surface area contributed by atoms with Crippen molar-refractivity contribution in [2.75, 3.05) is 31.1 Å². The Morgan fingerprint density at radius 1 is 0.722 bits per heavy atom. The van der Waals surface area contributed by atoms with Crippen molar-refractivity contribution in [2.45, 2.75) is 0 Å². The number of piperazine rings is 1. The summed E-state index contributed by atoms with van der Waals surface area (Å²) in [6.07, 6.45) is 0. The van der Waals surface area contributed by atoms with E-state index >= 15 is 0 Å². The summed E-state index contributed by atoms with van der Waals surface area (Å²) in [6.45, 7) is 2.09. The van der Waals surface area contributed by atoms with Crippen LogP contribution in [-0.2, 0) is 0 Å². The van der Waals surface area contributed by atoms with E-state index in [1.54, 1.807) is 16.6 Å². The Kier molecular flexibility index (Phi) is 5.65. The summed E-state index contributed by atoms with van der Waals surface area (Å²) < 4.78 is 15.9. The Labute approximate surface area is 208 Å². The molecule has 3 aromatic carbocycles. The minimum Gasteiger partial charge on any atom is -0.366 e. The number of carbonyl (C=O) groups excluding carboxylic acids is 1. The predicted octanol–water partition coefficient (Wildman–Crippen LogP) is 5.16. The van der Waals surface area contributed by atoms with Crippen LogP contribution in [0.2, 0.25) is 0 Å². The fraction of sp³-hybridized carbons (Fsp3) is 0.138. The number of para-hydroxylation sites is 1. The largest absolute Gasteiger partial charge is 0.366 e. The summed E-state index contributed by atoms with van der Waals surface area (Å²) in [5, 5.41) is 4.75. The molecule has 6 nitrogen and oxygen atoms in total. The fourth-order valence-corrected chi connectivity index (χ4v) is 4.65. The van der Waals surface area contributed by atoms with Gasteiger partial charge in [-0.05, 0) is 18.2 Å². The summed E-state index contributed by atoms with van der Waals surface area (Å²) in [5.41, 5.74) is 5.01. The minimum atomic E-state index is -0.245. The monoisotopic (exact) mass is 477 g/mol. The second kappa shape index (κ2) is 9.26. The lowest BCUT2D eigenvalue weighted by Crippen LogP contribution is -2.49. The third-order valence-corrected chi connectivity index (χ3v) is 6.55. The maximum atomic E-state index is 14.3. The van der Waals surface area contributed by atoms with E-state index in [2.05, 4.69) is 0 Å². The number of aromatic nitrogens is 3. The first-order valence-corrected chi connectivity index (χ1v) is 12.0.